The Hall–Kier alpha value is -1.07. The predicted octanol–water partition coefficient (Wildman–Crippen LogP) is 4.31. The van der Waals surface area contributed by atoms with Gasteiger partial charge in [-0.15, -0.1) is 0 Å². The van der Waals surface area contributed by atoms with Crippen LogP contribution in [0, 0.1) is 0 Å². The number of rotatable bonds is 8. The number of alkyl halides is 3. The van der Waals surface area contributed by atoms with Crippen molar-refractivity contribution in [1.82, 2.24) is 5.43 Å². The van der Waals surface area contributed by atoms with Crippen LogP contribution in [-0.4, -0.2) is 12.2 Å². The zero-order chi connectivity index (χ0) is 15.9. The molecule has 0 radical (unpaired) electrons. The standard InChI is InChI=1S/C16H25F3N2/c1-3-15(4-2,13-9-6-5-7-10-13)14(21-20)11-8-12-16(17,18)19/h5-7,9-10,14,21H,3-4,8,11-12,20H2,1-2H3. The van der Waals surface area contributed by atoms with E-state index >= 15 is 0 Å². The maximum atomic E-state index is 12.3. The predicted molar refractivity (Wildman–Crippen MR) is 79.7 cm³/mol. The van der Waals surface area contributed by atoms with Gasteiger partial charge in [-0.1, -0.05) is 44.2 Å². The van der Waals surface area contributed by atoms with E-state index < -0.39 is 12.6 Å². The molecule has 21 heavy (non-hydrogen) atoms. The third-order valence-electron chi connectivity index (χ3n) is 4.43. The van der Waals surface area contributed by atoms with Gasteiger partial charge in [-0.05, 0) is 31.2 Å². The van der Waals surface area contributed by atoms with Crippen LogP contribution in [0.4, 0.5) is 13.2 Å². The highest BCUT2D eigenvalue weighted by Crippen LogP contribution is 2.37. The lowest BCUT2D eigenvalue weighted by Crippen LogP contribution is -2.51. The summed E-state index contributed by atoms with van der Waals surface area (Å²) < 4.78 is 37.0. The van der Waals surface area contributed by atoms with E-state index in [0.29, 0.717) is 6.42 Å². The molecule has 5 heteroatoms. The second-order valence-electron chi connectivity index (χ2n) is 5.46. The number of nitrogens with two attached hydrogens (primary N) is 1. The highest BCUT2D eigenvalue weighted by molar-refractivity contribution is 5.27. The van der Waals surface area contributed by atoms with E-state index in [9.17, 15) is 13.2 Å². The van der Waals surface area contributed by atoms with Crippen molar-refractivity contribution in [2.75, 3.05) is 0 Å². The van der Waals surface area contributed by atoms with Crippen LogP contribution < -0.4 is 11.3 Å². The highest BCUT2D eigenvalue weighted by atomic mass is 19.4. The molecule has 0 spiro atoms. The zero-order valence-corrected chi connectivity index (χ0v) is 12.7. The molecule has 0 amide bonds. The van der Waals surface area contributed by atoms with Crippen molar-refractivity contribution in [3.8, 4) is 0 Å². The summed E-state index contributed by atoms with van der Waals surface area (Å²) in [7, 11) is 0. The minimum Gasteiger partial charge on any atom is -0.271 e. The van der Waals surface area contributed by atoms with Crippen molar-refractivity contribution < 1.29 is 13.2 Å². The SMILES string of the molecule is CCC(CC)(c1ccccc1)C(CCCC(F)(F)F)NN. The minimum absolute atomic E-state index is 0.0902. The maximum absolute atomic E-state index is 12.3. The van der Waals surface area contributed by atoms with Gasteiger partial charge in [-0.3, -0.25) is 11.3 Å². The molecule has 0 aliphatic heterocycles. The maximum Gasteiger partial charge on any atom is 0.389 e. The van der Waals surface area contributed by atoms with Crippen LogP contribution in [0.5, 0.6) is 0 Å². The van der Waals surface area contributed by atoms with Gasteiger partial charge in [-0.25, -0.2) is 0 Å². The third kappa shape index (κ3) is 4.71. The van der Waals surface area contributed by atoms with Gasteiger partial charge in [0, 0.05) is 17.9 Å². The normalized spacial score (nSPS) is 14.2. The molecule has 0 aromatic heterocycles. The molecule has 0 saturated heterocycles. The van der Waals surface area contributed by atoms with E-state index in [1.165, 1.54) is 0 Å². The van der Waals surface area contributed by atoms with E-state index in [1.54, 1.807) is 0 Å². The summed E-state index contributed by atoms with van der Waals surface area (Å²) >= 11 is 0. The number of hydrogen-bond donors (Lipinski definition) is 2. The first-order valence-electron chi connectivity index (χ1n) is 7.48. The average Bonchev–Trinajstić information content (AvgIpc) is 2.47. The Morgan fingerprint density at radius 3 is 2.10 bits per heavy atom. The van der Waals surface area contributed by atoms with Gasteiger partial charge in [-0.2, -0.15) is 13.2 Å². The van der Waals surface area contributed by atoms with Gasteiger partial charge in [0.05, 0.1) is 0 Å². The first-order chi connectivity index (χ1) is 9.89. The summed E-state index contributed by atoms with van der Waals surface area (Å²) in [5, 5.41) is 0. The second kappa shape index (κ2) is 7.80. The van der Waals surface area contributed by atoms with Crippen LogP contribution in [-0.2, 0) is 5.41 Å². The fourth-order valence-electron chi connectivity index (χ4n) is 3.15. The number of hydrazine groups is 1. The van der Waals surface area contributed by atoms with E-state index in [0.717, 1.165) is 18.4 Å². The molecule has 0 aliphatic rings. The van der Waals surface area contributed by atoms with Crippen LogP contribution in [0.2, 0.25) is 0 Å². The van der Waals surface area contributed by atoms with Gasteiger partial charge in [0.15, 0.2) is 0 Å². The molecule has 1 unspecified atom stereocenters. The van der Waals surface area contributed by atoms with Gasteiger partial charge in [0.25, 0.3) is 0 Å². The van der Waals surface area contributed by atoms with Crippen LogP contribution in [0.3, 0.4) is 0 Å². The molecule has 3 N–H and O–H groups in total. The Bertz CT molecular complexity index is 400. The van der Waals surface area contributed by atoms with Crippen LogP contribution in [0.25, 0.3) is 0 Å². The molecule has 0 saturated carbocycles. The fraction of sp³-hybridized carbons (Fsp3) is 0.625. The first kappa shape index (κ1) is 18.0. The number of hydrogen-bond acceptors (Lipinski definition) is 2. The molecule has 0 fully saturated rings. The lowest BCUT2D eigenvalue weighted by molar-refractivity contribution is -0.136. The van der Waals surface area contributed by atoms with Crippen molar-refractivity contribution in [1.29, 1.82) is 0 Å². The van der Waals surface area contributed by atoms with Gasteiger partial charge < -0.3 is 0 Å². The summed E-state index contributed by atoms with van der Waals surface area (Å²) in [5.74, 6) is 5.67. The Labute approximate surface area is 124 Å². The number of nitrogens with one attached hydrogen (secondary N) is 1. The number of halogens is 3. The molecule has 1 atom stereocenters. The molecule has 2 nitrogen and oxygen atoms in total. The Balaban J connectivity index is 2.91. The molecule has 1 aromatic carbocycles. The largest absolute Gasteiger partial charge is 0.389 e. The van der Waals surface area contributed by atoms with Crippen molar-refractivity contribution in [2.24, 2.45) is 5.84 Å². The van der Waals surface area contributed by atoms with Gasteiger partial charge in [0.1, 0.15) is 0 Å². The summed E-state index contributed by atoms with van der Waals surface area (Å²) in [6.45, 7) is 4.12. The third-order valence-corrected chi connectivity index (χ3v) is 4.43. The van der Waals surface area contributed by atoms with E-state index in [-0.39, 0.29) is 17.9 Å². The summed E-state index contributed by atoms with van der Waals surface area (Å²) in [6.07, 6.45) is -2.71. The molecule has 1 aromatic rings. The van der Waals surface area contributed by atoms with E-state index in [2.05, 4.69) is 19.3 Å². The lowest BCUT2D eigenvalue weighted by Gasteiger charge is -2.40. The van der Waals surface area contributed by atoms with Gasteiger partial charge in [0.2, 0.25) is 0 Å². The Morgan fingerprint density at radius 2 is 1.67 bits per heavy atom. The van der Waals surface area contributed by atoms with E-state index in [4.69, 9.17) is 5.84 Å². The minimum atomic E-state index is -4.10. The van der Waals surface area contributed by atoms with Crippen LogP contribution in [0.15, 0.2) is 30.3 Å². The van der Waals surface area contributed by atoms with Crippen molar-refractivity contribution in [3.63, 3.8) is 0 Å². The Kier molecular flexibility index (Phi) is 6.68. The molecule has 0 aliphatic carbocycles. The van der Waals surface area contributed by atoms with Crippen LogP contribution in [0.1, 0.15) is 51.5 Å². The Morgan fingerprint density at radius 1 is 1.10 bits per heavy atom. The van der Waals surface area contributed by atoms with Crippen LogP contribution >= 0.6 is 0 Å². The summed E-state index contributed by atoms with van der Waals surface area (Å²) in [4.78, 5) is 0. The van der Waals surface area contributed by atoms with Crippen molar-refractivity contribution >= 4 is 0 Å². The zero-order valence-electron chi connectivity index (χ0n) is 12.7. The van der Waals surface area contributed by atoms with E-state index in [1.807, 2.05) is 30.3 Å². The first-order valence-corrected chi connectivity index (χ1v) is 7.48. The van der Waals surface area contributed by atoms with Crippen molar-refractivity contribution in [2.45, 2.75) is 63.6 Å². The molecular weight excluding hydrogens is 277 g/mol. The van der Waals surface area contributed by atoms with Gasteiger partial charge >= 0.3 is 6.18 Å². The molecule has 0 bridgehead atoms. The quantitative estimate of drug-likeness (QED) is 0.555. The summed E-state index contributed by atoms with van der Waals surface area (Å²) in [5.41, 5.74) is 3.66. The highest BCUT2D eigenvalue weighted by Gasteiger charge is 2.37. The monoisotopic (exact) mass is 302 g/mol. The second-order valence-corrected chi connectivity index (χ2v) is 5.46. The topological polar surface area (TPSA) is 38.0 Å². The smallest absolute Gasteiger partial charge is 0.271 e. The number of benzene rings is 1. The lowest BCUT2D eigenvalue weighted by atomic mass is 9.69. The molecule has 1 rings (SSSR count). The summed E-state index contributed by atoms with van der Waals surface area (Å²) in [6, 6.07) is 9.74. The fourth-order valence-corrected chi connectivity index (χ4v) is 3.15. The average molecular weight is 302 g/mol. The molecular formula is C16H25F3N2. The molecule has 120 valence electrons. The van der Waals surface area contributed by atoms with Crippen molar-refractivity contribution in [3.05, 3.63) is 35.9 Å². The molecule has 0 heterocycles.